The topological polar surface area (TPSA) is 54.9 Å². The van der Waals surface area contributed by atoms with Gasteiger partial charge in [-0.2, -0.15) is 13.2 Å². The van der Waals surface area contributed by atoms with Crippen molar-refractivity contribution in [1.82, 2.24) is 9.97 Å². The van der Waals surface area contributed by atoms with Crippen molar-refractivity contribution in [3.63, 3.8) is 0 Å². The molecule has 0 aliphatic heterocycles. The van der Waals surface area contributed by atoms with Crippen LogP contribution in [0.2, 0.25) is 0 Å². The van der Waals surface area contributed by atoms with Crippen LogP contribution in [0.3, 0.4) is 0 Å². The largest absolute Gasteiger partial charge is 0.416 e. The number of benzene rings is 1. The first-order chi connectivity index (χ1) is 9.91. The molecular formula is C14H10F3N3O. The van der Waals surface area contributed by atoms with Crippen molar-refractivity contribution in [2.75, 3.05) is 5.32 Å². The Hall–Kier alpha value is -2.70. The van der Waals surface area contributed by atoms with E-state index in [2.05, 4.69) is 21.9 Å². The van der Waals surface area contributed by atoms with E-state index in [1.165, 1.54) is 30.7 Å². The number of hydrogen-bond donors (Lipinski definition) is 1. The Morgan fingerprint density at radius 3 is 2.62 bits per heavy atom. The number of carbonyl (C=O) groups excluding carboxylic acids is 1. The molecule has 1 amide bonds. The van der Waals surface area contributed by atoms with Crippen LogP contribution in [-0.2, 0) is 6.18 Å². The number of halogens is 3. The van der Waals surface area contributed by atoms with Crippen molar-refractivity contribution in [3.05, 3.63) is 60.2 Å². The number of rotatable bonds is 3. The lowest BCUT2D eigenvalue weighted by Crippen LogP contribution is -2.15. The van der Waals surface area contributed by atoms with Gasteiger partial charge in [0, 0.05) is 18.1 Å². The van der Waals surface area contributed by atoms with E-state index in [1.807, 2.05) is 0 Å². The van der Waals surface area contributed by atoms with E-state index >= 15 is 0 Å². The van der Waals surface area contributed by atoms with Crippen molar-refractivity contribution >= 4 is 17.7 Å². The molecule has 2 rings (SSSR count). The summed E-state index contributed by atoms with van der Waals surface area (Å²) < 4.78 is 37.9. The number of anilines is 1. The van der Waals surface area contributed by atoms with Gasteiger partial charge >= 0.3 is 6.18 Å². The fraction of sp³-hybridized carbons (Fsp3) is 0.0714. The van der Waals surface area contributed by atoms with Crippen LogP contribution >= 0.6 is 0 Å². The zero-order chi connectivity index (χ0) is 15.5. The summed E-state index contributed by atoms with van der Waals surface area (Å²) in [6.45, 7) is 3.45. The number of nitrogens with one attached hydrogen (secondary N) is 1. The molecule has 0 radical (unpaired) electrons. The van der Waals surface area contributed by atoms with E-state index in [1.54, 1.807) is 0 Å². The minimum Gasteiger partial charge on any atom is -0.320 e. The van der Waals surface area contributed by atoms with Crippen molar-refractivity contribution in [2.45, 2.75) is 6.18 Å². The van der Waals surface area contributed by atoms with Crippen molar-refractivity contribution < 1.29 is 18.0 Å². The first-order valence-electron chi connectivity index (χ1n) is 5.83. The standard InChI is InChI=1S/C14H10F3N3O/c1-2-9-7-10(14(15,16)17)3-4-11(9)20-13(21)12-8-18-5-6-19-12/h2-8H,1H2,(H,20,21). The predicted octanol–water partition coefficient (Wildman–Crippen LogP) is 3.39. The van der Waals surface area contributed by atoms with Gasteiger partial charge in [0.05, 0.1) is 11.8 Å². The summed E-state index contributed by atoms with van der Waals surface area (Å²) >= 11 is 0. The molecule has 0 atom stereocenters. The fourth-order valence-corrected chi connectivity index (χ4v) is 1.62. The number of alkyl halides is 3. The number of nitrogens with zero attached hydrogens (tertiary/aromatic N) is 2. The normalized spacial score (nSPS) is 11.0. The van der Waals surface area contributed by atoms with E-state index in [-0.39, 0.29) is 16.9 Å². The van der Waals surface area contributed by atoms with Gasteiger partial charge in [-0.15, -0.1) is 0 Å². The van der Waals surface area contributed by atoms with Gasteiger partial charge in [-0.25, -0.2) is 4.98 Å². The molecule has 2 aromatic rings. The van der Waals surface area contributed by atoms with Crippen molar-refractivity contribution in [1.29, 1.82) is 0 Å². The SMILES string of the molecule is C=Cc1cc(C(F)(F)F)ccc1NC(=O)c1cnccn1. The van der Waals surface area contributed by atoms with Gasteiger partial charge in [0.25, 0.3) is 5.91 Å². The second-order valence-corrected chi connectivity index (χ2v) is 4.05. The highest BCUT2D eigenvalue weighted by Crippen LogP contribution is 2.32. The number of amides is 1. The monoisotopic (exact) mass is 293 g/mol. The highest BCUT2D eigenvalue weighted by molar-refractivity contribution is 6.03. The Bertz CT molecular complexity index is 669. The van der Waals surface area contributed by atoms with Gasteiger partial charge in [-0.3, -0.25) is 9.78 Å². The zero-order valence-electron chi connectivity index (χ0n) is 10.7. The predicted molar refractivity (Wildman–Crippen MR) is 71.5 cm³/mol. The summed E-state index contributed by atoms with van der Waals surface area (Å²) in [7, 11) is 0. The third-order valence-corrected chi connectivity index (χ3v) is 2.64. The lowest BCUT2D eigenvalue weighted by Gasteiger charge is -2.12. The summed E-state index contributed by atoms with van der Waals surface area (Å²) in [6, 6.07) is 2.98. The van der Waals surface area contributed by atoms with Crippen LogP contribution in [0.1, 0.15) is 21.6 Å². The minimum atomic E-state index is -4.45. The Kier molecular flexibility index (Phi) is 4.02. The molecule has 0 spiro atoms. The molecule has 1 aromatic carbocycles. The maximum Gasteiger partial charge on any atom is 0.416 e. The molecule has 108 valence electrons. The van der Waals surface area contributed by atoms with Crippen LogP contribution in [0.15, 0.2) is 43.4 Å². The minimum absolute atomic E-state index is 0.0624. The molecule has 4 nitrogen and oxygen atoms in total. The van der Waals surface area contributed by atoms with Gasteiger partial charge in [-0.05, 0) is 23.8 Å². The Morgan fingerprint density at radius 1 is 1.29 bits per heavy atom. The first-order valence-corrected chi connectivity index (χ1v) is 5.83. The fourth-order valence-electron chi connectivity index (χ4n) is 1.62. The summed E-state index contributed by atoms with van der Waals surface area (Å²) in [5.74, 6) is -0.564. The molecule has 0 aliphatic rings. The van der Waals surface area contributed by atoms with E-state index in [0.29, 0.717) is 0 Å². The molecular weight excluding hydrogens is 283 g/mol. The molecule has 1 heterocycles. The van der Waals surface area contributed by atoms with Crippen LogP contribution in [0.5, 0.6) is 0 Å². The Labute approximate surface area is 118 Å². The van der Waals surface area contributed by atoms with Crippen LogP contribution in [0, 0.1) is 0 Å². The molecule has 21 heavy (non-hydrogen) atoms. The first kappa shape index (κ1) is 14.7. The number of carbonyl (C=O) groups is 1. The van der Waals surface area contributed by atoms with E-state index in [9.17, 15) is 18.0 Å². The molecule has 7 heteroatoms. The molecule has 1 N–H and O–H groups in total. The second-order valence-electron chi connectivity index (χ2n) is 4.05. The van der Waals surface area contributed by atoms with E-state index in [0.717, 1.165) is 12.1 Å². The molecule has 0 saturated heterocycles. The molecule has 1 aromatic heterocycles. The highest BCUT2D eigenvalue weighted by atomic mass is 19.4. The molecule has 0 saturated carbocycles. The second kappa shape index (κ2) is 5.74. The van der Waals surface area contributed by atoms with Gasteiger partial charge in [0.15, 0.2) is 0 Å². The molecule has 0 bridgehead atoms. The highest BCUT2D eigenvalue weighted by Gasteiger charge is 2.30. The van der Waals surface area contributed by atoms with Crippen molar-refractivity contribution in [3.8, 4) is 0 Å². The summed E-state index contributed by atoms with van der Waals surface area (Å²) in [5, 5.41) is 2.48. The lowest BCUT2D eigenvalue weighted by atomic mass is 10.1. The quantitative estimate of drug-likeness (QED) is 0.943. The third-order valence-electron chi connectivity index (χ3n) is 2.64. The number of aromatic nitrogens is 2. The third kappa shape index (κ3) is 3.44. The summed E-state index contributed by atoms with van der Waals surface area (Å²) in [5.41, 5.74) is -0.363. The van der Waals surface area contributed by atoms with Gasteiger partial charge in [0.1, 0.15) is 5.69 Å². The van der Waals surface area contributed by atoms with Gasteiger partial charge in [0.2, 0.25) is 0 Å². The number of hydrogen-bond acceptors (Lipinski definition) is 3. The van der Waals surface area contributed by atoms with E-state index in [4.69, 9.17) is 0 Å². The average Bonchev–Trinajstić information content (AvgIpc) is 2.47. The Balaban J connectivity index is 2.29. The smallest absolute Gasteiger partial charge is 0.320 e. The van der Waals surface area contributed by atoms with E-state index < -0.39 is 17.6 Å². The van der Waals surface area contributed by atoms with Gasteiger partial charge < -0.3 is 5.32 Å². The average molecular weight is 293 g/mol. The summed E-state index contributed by atoms with van der Waals surface area (Å²) in [4.78, 5) is 19.4. The molecule has 0 unspecified atom stereocenters. The lowest BCUT2D eigenvalue weighted by molar-refractivity contribution is -0.137. The van der Waals surface area contributed by atoms with Crippen LogP contribution in [0.4, 0.5) is 18.9 Å². The maximum absolute atomic E-state index is 12.6. The zero-order valence-corrected chi connectivity index (χ0v) is 10.7. The summed E-state index contributed by atoms with van der Waals surface area (Å²) in [6.07, 6.45) is 0.792. The Morgan fingerprint density at radius 2 is 2.05 bits per heavy atom. The van der Waals surface area contributed by atoms with Crippen LogP contribution < -0.4 is 5.32 Å². The van der Waals surface area contributed by atoms with Crippen molar-refractivity contribution in [2.24, 2.45) is 0 Å². The molecule has 0 fully saturated rings. The maximum atomic E-state index is 12.6. The van der Waals surface area contributed by atoms with Gasteiger partial charge in [-0.1, -0.05) is 12.7 Å². The van der Waals surface area contributed by atoms with Crippen LogP contribution in [0.25, 0.3) is 6.08 Å². The van der Waals surface area contributed by atoms with Crippen LogP contribution in [-0.4, -0.2) is 15.9 Å². The molecule has 0 aliphatic carbocycles.